The number of anilines is 1. The van der Waals surface area contributed by atoms with Crippen LogP contribution < -0.4 is 9.64 Å². The lowest BCUT2D eigenvalue weighted by molar-refractivity contribution is -0.0339. The van der Waals surface area contributed by atoms with Crippen LogP contribution in [-0.4, -0.2) is 56.3 Å². The number of pyridine rings is 1. The van der Waals surface area contributed by atoms with E-state index in [0.717, 1.165) is 49.8 Å². The third-order valence-corrected chi connectivity index (χ3v) is 6.79. The zero-order valence-corrected chi connectivity index (χ0v) is 19.9. The molecule has 1 atom stereocenters. The van der Waals surface area contributed by atoms with E-state index in [2.05, 4.69) is 55.9 Å². The first kappa shape index (κ1) is 23.0. The highest BCUT2D eigenvalue weighted by molar-refractivity contribution is 5.80. The molecule has 0 saturated carbocycles. The fourth-order valence-corrected chi connectivity index (χ4v) is 4.91. The number of ether oxygens (including phenoxy) is 2. The Labute approximate surface area is 203 Å². The highest BCUT2D eigenvalue weighted by atomic mass is 16.6. The van der Waals surface area contributed by atoms with E-state index in [9.17, 15) is 10.5 Å². The first-order valence-electron chi connectivity index (χ1n) is 12.0. The molecule has 0 radical (unpaired) electrons. The van der Waals surface area contributed by atoms with Gasteiger partial charge in [0.25, 0.3) is 0 Å². The Balaban J connectivity index is 1.32. The fourth-order valence-electron chi connectivity index (χ4n) is 4.91. The molecule has 0 aliphatic carbocycles. The lowest BCUT2D eigenvalue weighted by Gasteiger charge is -2.32. The highest BCUT2D eigenvalue weighted by Crippen LogP contribution is 2.34. The van der Waals surface area contributed by atoms with Gasteiger partial charge < -0.3 is 19.4 Å². The summed E-state index contributed by atoms with van der Waals surface area (Å²) in [7, 11) is 0. The third-order valence-electron chi connectivity index (χ3n) is 6.79. The van der Waals surface area contributed by atoms with Crippen LogP contribution in [-0.2, 0) is 4.74 Å². The molecule has 0 aromatic carbocycles. The van der Waals surface area contributed by atoms with E-state index >= 15 is 0 Å². The van der Waals surface area contributed by atoms with E-state index in [1.165, 1.54) is 5.56 Å². The van der Waals surface area contributed by atoms with E-state index in [4.69, 9.17) is 9.47 Å². The van der Waals surface area contributed by atoms with Gasteiger partial charge in [0.2, 0.25) is 5.95 Å². The maximum atomic E-state index is 9.40. The molecule has 2 fully saturated rings. The Bertz CT molecular complexity index is 1270. The smallest absolute Gasteiger partial charge is 0.321 e. The van der Waals surface area contributed by atoms with Crippen molar-refractivity contribution in [2.75, 3.05) is 24.6 Å². The molecule has 5 rings (SSSR count). The lowest BCUT2D eigenvalue weighted by atomic mass is 9.89. The molecule has 2 aliphatic heterocycles. The maximum Gasteiger partial charge on any atom is 0.321 e. The number of rotatable bonds is 6. The Kier molecular flexibility index (Phi) is 6.23. The number of aromatic amines is 1. The molecule has 5 heterocycles. The second-order valence-corrected chi connectivity index (χ2v) is 9.72. The van der Waals surface area contributed by atoms with Crippen molar-refractivity contribution in [2.24, 2.45) is 0 Å². The van der Waals surface area contributed by atoms with Gasteiger partial charge in [0.05, 0.1) is 23.8 Å². The molecule has 2 saturated heterocycles. The van der Waals surface area contributed by atoms with Gasteiger partial charge in [-0.05, 0) is 63.1 Å². The number of nitrogens with zero attached hydrogens (tertiary/aromatic N) is 7. The molecule has 0 unspecified atom stereocenters. The molecule has 0 amide bonds. The Morgan fingerprint density at radius 2 is 2.00 bits per heavy atom. The summed E-state index contributed by atoms with van der Waals surface area (Å²) in [5.74, 6) is -0.133. The minimum Gasteiger partial charge on any atom is -0.461 e. The van der Waals surface area contributed by atoms with E-state index in [0.29, 0.717) is 18.5 Å². The van der Waals surface area contributed by atoms with Gasteiger partial charge in [-0.2, -0.15) is 25.5 Å². The van der Waals surface area contributed by atoms with E-state index in [1.54, 1.807) is 6.20 Å². The van der Waals surface area contributed by atoms with Gasteiger partial charge in [-0.15, -0.1) is 0 Å². The molecule has 0 spiro atoms. The number of fused-ring (bicyclic) bond motifs is 1. The largest absolute Gasteiger partial charge is 0.461 e. The molecule has 0 bridgehead atoms. The highest BCUT2D eigenvalue weighted by Gasteiger charge is 2.32. The average Bonchev–Trinajstić information content (AvgIpc) is 3.46. The SMILES string of the molecule is CC1(C)CC[C@H](COc2nc(C(C#N)C#N)nc(N3CCC(c4c[nH]c5ncccc45)CC3)n2)O1. The normalized spacial score (nSPS) is 20.1. The van der Waals surface area contributed by atoms with Crippen LogP contribution in [0.5, 0.6) is 6.01 Å². The van der Waals surface area contributed by atoms with Crippen LogP contribution in [0.15, 0.2) is 24.5 Å². The molecule has 3 aromatic rings. The minimum atomic E-state index is -1.09. The average molecular weight is 473 g/mol. The Morgan fingerprint density at radius 1 is 1.20 bits per heavy atom. The summed E-state index contributed by atoms with van der Waals surface area (Å²) in [6.07, 6.45) is 7.50. The van der Waals surface area contributed by atoms with Gasteiger partial charge in [-0.25, -0.2) is 4.98 Å². The van der Waals surface area contributed by atoms with Crippen molar-refractivity contribution in [3.63, 3.8) is 0 Å². The van der Waals surface area contributed by atoms with Crippen LogP contribution in [0.2, 0.25) is 0 Å². The number of hydrogen-bond acceptors (Lipinski definition) is 9. The van der Waals surface area contributed by atoms with Gasteiger partial charge in [0, 0.05) is 30.9 Å². The molecule has 35 heavy (non-hydrogen) atoms. The van der Waals surface area contributed by atoms with Crippen LogP contribution >= 0.6 is 0 Å². The number of piperidine rings is 1. The van der Waals surface area contributed by atoms with Crippen molar-refractivity contribution in [3.8, 4) is 18.1 Å². The molecule has 180 valence electrons. The van der Waals surface area contributed by atoms with Crippen LogP contribution in [0, 0.1) is 22.7 Å². The Morgan fingerprint density at radius 3 is 2.71 bits per heavy atom. The summed E-state index contributed by atoms with van der Waals surface area (Å²) in [6.45, 7) is 5.92. The minimum absolute atomic E-state index is 0.0437. The number of nitrogens with one attached hydrogen (secondary N) is 1. The number of nitriles is 2. The lowest BCUT2D eigenvalue weighted by Crippen LogP contribution is -2.34. The van der Waals surface area contributed by atoms with E-state index < -0.39 is 5.92 Å². The molecular formula is C25H28N8O2. The van der Waals surface area contributed by atoms with E-state index in [1.807, 2.05) is 18.2 Å². The van der Waals surface area contributed by atoms with Crippen molar-refractivity contribution in [2.45, 2.75) is 63.1 Å². The molecule has 10 nitrogen and oxygen atoms in total. The number of hydrogen-bond donors (Lipinski definition) is 1. The predicted octanol–water partition coefficient (Wildman–Crippen LogP) is 3.60. The molecular weight excluding hydrogens is 444 g/mol. The van der Waals surface area contributed by atoms with Crippen LogP contribution in [0.1, 0.15) is 62.8 Å². The topological polar surface area (TPSA) is 137 Å². The monoisotopic (exact) mass is 472 g/mol. The summed E-state index contributed by atoms with van der Waals surface area (Å²) in [5.41, 5.74) is 2.02. The molecule has 10 heteroatoms. The van der Waals surface area contributed by atoms with Gasteiger partial charge in [0.1, 0.15) is 12.3 Å². The van der Waals surface area contributed by atoms with Crippen molar-refractivity contribution in [1.82, 2.24) is 24.9 Å². The summed E-state index contributed by atoms with van der Waals surface area (Å²) >= 11 is 0. The predicted molar refractivity (Wildman–Crippen MR) is 128 cm³/mol. The third kappa shape index (κ3) is 4.89. The van der Waals surface area contributed by atoms with Gasteiger partial charge >= 0.3 is 6.01 Å². The second-order valence-electron chi connectivity index (χ2n) is 9.72. The molecule has 1 N–H and O–H groups in total. The van der Waals surface area contributed by atoms with Crippen molar-refractivity contribution < 1.29 is 9.47 Å². The van der Waals surface area contributed by atoms with Crippen LogP contribution in [0.4, 0.5) is 5.95 Å². The summed E-state index contributed by atoms with van der Waals surface area (Å²) < 4.78 is 11.9. The molecule has 2 aliphatic rings. The second kappa shape index (κ2) is 9.47. The van der Waals surface area contributed by atoms with Gasteiger partial charge in [-0.1, -0.05) is 0 Å². The van der Waals surface area contributed by atoms with Crippen molar-refractivity contribution in [1.29, 1.82) is 10.5 Å². The molecule has 3 aromatic heterocycles. The van der Waals surface area contributed by atoms with Gasteiger partial charge in [0.15, 0.2) is 11.7 Å². The zero-order valence-electron chi connectivity index (χ0n) is 19.9. The number of H-pyrrole nitrogens is 1. The Hall–Kier alpha value is -3.76. The van der Waals surface area contributed by atoms with Crippen LogP contribution in [0.25, 0.3) is 11.0 Å². The summed E-state index contributed by atoms with van der Waals surface area (Å²) in [4.78, 5) is 23.0. The maximum absolute atomic E-state index is 9.40. The van der Waals surface area contributed by atoms with E-state index in [-0.39, 0.29) is 23.5 Å². The number of aromatic nitrogens is 5. The quantitative estimate of drug-likeness (QED) is 0.570. The summed E-state index contributed by atoms with van der Waals surface area (Å²) in [5, 5.41) is 20.0. The summed E-state index contributed by atoms with van der Waals surface area (Å²) in [6, 6.07) is 8.09. The fraction of sp³-hybridized carbons (Fsp3) is 0.520. The van der Waals surface area contributed by atoms with Gasteiger partial charge in [-0.3, -0.25) is 0 Å². The first-order chi connectivity index (χ1) is 17.0. The van der Waals surface area contributed by atoms with Crippen LogP contribution in [0.3, 0.4) is 0 Å². The first-order valence-corrected chi connectivity index (χ1v) is 12.0. The zero-order chi connectivity index (χ0) is 24.4. The van der Waals surface area contributed by atoms with Crippen molar-refractivity contribution >= 4 is 17.0 Å². The van der Waals surface area contributed by atoms with Crippen molar-refractivity contribution in [3.05, 3.63) is 35.9 Å². The standard InChI is InChI=1S/C25H28N8O2/c1-25(2)8-5-18(35-25)15-34-24-31-21(17(12-26)13-27)30-23(32-24)33-10-6-16(7-11-33)20-14-29-22-19(20)4-3-9-28-22/h3-4,9,14,16-18H,5-8,10-11,15H2,1-2H3,(H,28,29)/t18-/m1/s1.